The molecular weight excluding hydrogens is 254 g/mol. The van der Waals surface area contributed by atoms with E-state index in [0.717, 1.165) is 36.4 Å². The molecule has 1 amide bonds. The van der Waals surface area contributed by atoms with E-state index in [-0.39, 0.29) is 18.5 Å². The molecule has 2 fully saturated rings. The molecule has 1 N–H and O–H groups in total. The fraction of sp³-hybridized carbons (Fsp3) is 0.909. The zero-order chi connectivity index (χ0) is 13.2. The molecule has 18 heavy (non-hydrogen) atoms. The van der Waals surface area contributed by atoms with Gasteiger partial charge in [-0.25, -0.2) is 0 Å². The Morgan fingerprint density at radius 2 is 1.89 bits per heavy atom. The Morgan fingerprint density at radius 1 is 1.28 bits per heavy atom. The highest BCUT2D eigenvalue weighted by Gasteiger charge is 2.30. The first-order chi connectivity index (χ1) is 8.50. The molecule has 0 spiro atoms. The van der Waals surface area contributed by atoms with Crippen LogP contribution in [0.5, 0.6) is 0 Å². The molecule has 0 aromatic heterocycles. The van der Waals surface area contributed by atoms with Crippen molar-refractivity contribution in [2.75, 3.05) is 26.7 Å². The van der Waals surface area contributed by atoms with Crippen molar-refractivity contribution < 1.29 is 13.2 Å². The fourth-order valence-corrected chi connectivity index (χ4v) is 3.47. The maximum Gasteiger partial charge on any atom is 0.282 e. The van der Waals surface area contributed by atoms with Crippen molar-refractivity contribution >= 4 is 16.1 Å². The number of carbonyl (C=O) groups is 1. The summed E-state index contributed by atoms with van der Waals surface area (Å²) in [5, 5.41) is 2.80. The molecule has 1 aliphatic heterocycles. The number of carbonyl (C=O) groups excluding carboxylic acids is 1. The van der Waals surface area contributed by atoms with E-state index in [0.29, 0.717) is 13.1 Å². The maximum atomic E-state index is 12.2. The Kier molecular flexibility index (Phi) is 4.24. The highest BCUT2D eigenvalue weighted by molar-refractivity contribution is 7.86. The largest absolute Gasteiger partial charge is 0.352 e. The predicted octanol–water partition coefficient (Wildman–Crippen LogP) is -0.0725. The van der Waals surface area contributed by atoms with Gasteiger partial charge in [-0.3, -0.25) is 4.79 Å². The summed E-state index contributed by atoms with van der Waals surface area (Å²) in [6.07, 6.45) is 4.91. The van der Waals surface area contributed by atoms with Crippen molar-refractivity contribution in [2.24, 2.45) is 0 Å². The second-order valence-electron chi connectivity index (χ2n) is 5.07. The molecule has 104 valence electrons. The van der Waals surface area contributed by atoms with E-state index in [1.165, 1.54) is 11.4 Å². The van der Waals surface area contributed by atoms with Crippen molar-refractivity contribution in [1.29, 1.82) is 0 Å². The average Bonchev–Trinajstić information content (AvgIpc) is 3.13. The Balaban J connectivity index is 1.88. The number of likely N-dealkylation sites (N-methyl/N-ethyl adjacent to an activating group) is 1. The van der Waals surface area contributed by atoms with Crippen molar-refractivity contribution in [3.05, 3.63) is 0 Å². The zero-order valence-electron chi connectivity index (χ0n) is 10.8. The molecule has 0 atom stereocenters. The van der Waals surface area contributed by atoms with Crippen LogP contribution in [0.1, 0.15) is 32.1 Å². The molecule has 1 aliphatic carbocycles. The molecule has 0 bridgehead atoms. The van der Waals surface area contributed by atoms with Gasteiger partial charge in [-0.15, -0.1) is 0 Å². The summed E-state index contributed by atoms with van der Waals surface area (Å²) in [6, 6.07) is 0.267. The van der Waals surface area contributed by atoms with Gasteiger partial charge in [-0.1, -0.05) is 6.42 Å². The van der Waals surface area contributed by atoms with Gasteiger partial charge in [0.25, 0.3) is 10.2 Å². The molecule has 0 unspecified atom stereocenters. The average molecular weight is 275 g/mol. The third-order valence-electron chi connectivity index (χ3n) is 3.34. The van der Waals surface area contributed by atoms with Crippen molar-refractivity contribution in [1.82, 2.24) is 13.9 Å². The van der Waals surface area contributed by atoms with Gasteiger partial charge in [-0.2, -0.15) is 17.0 Å². The first-order valence-corrected chi connectivity index (χ1v) is 7.90. The quantitative estimate of drug-likeness (QED) is 0.763. The summed E-state index contributed by atoms with van der Waals surface area (Å²) < 4.78 is 27.0. The summed E-state index contributed by atoms with van der Waals surface area (Å²) >= 11 is 0. The predicted molar refractivity (Wildman–Crippen MR) is 68.1 cm³/mol. The van der Waals surface area contributed by atoms with Crippen LogP contribution in [-0.2, 0) is 15.0 Å². The number of hydrogen-bond acceptors (Lipinski definition) is 3. The smallest absolute Gasteiger partial charge is 0.282 e. The van der Waals surface area contributed by atoms with Gasteiger partial charge >= 0.3 is 0 Å². The number of nitrogens with zero attached hydrogens (tertiary/aromatic N) is 2. The first-order valence-electron chi connectivity index (χ1n) is 6.51. The van der Waals surface area contributed by atoms with E-state index in [9.17, 15) is 13.2 Å². The summed E-state index contributed by atoms with van der Waals surface area (Å²) in [5.74, 6) is -0.208. The van der Waals surface area contributed by atoms with Crippen molar-refractivity contribution in [3.8, 4) is 0 Å². The lowest BCUT2D eigenvalue weighted by molar-refractivity contribution is -0.121. The highest BCUT2D eigenvalue weighted by atomic mass is 32.2. The lowest BCUT2D eigenvalue weighted by Gasteiger charge is -2.29. The van der Waals surface area contributed by atoms with Crippen molar-refractivity contribution in [2.45, 2.75) is 38.1 Å². The van der Waals surface area contributed by atoms with Crippen LogP contribution in [0.3, 0.4) is 0 Å². The molecule has 2 aliphatic rings. The molecule has 2 rings (SSSR count). The summed E-state index contributed by atoms with van der Waals surface area (Å²) in [5.41, 5.74) is 0. The Morgan fingerprint density at radius 3 is 2.44 bits per heavy atom. The van der Waals surface area contributed by atoms with Crippen LogP contribution in [-0.4, -0.2) is 55.7 Å². The molecule has 0 radical (unpaired) electrons. The molecule has 0 aromatic rings. The van der Waals surface area contributed by atoms with Gasteiger partial charge < -0.3 is 5.32 Å². The molecule has 1 heterocycles. The monoisotopic (exact) mass is 275 g/mol. The second-order valence-corrected chi connectivity index (χ2v) is 7.10. The van der Waals surface area contributed by atoms with Crippen molar-refractivity contribution in [3.63, 3.8) is 0 Å². The van der Waals surface area contributed by atoms with E-state index < -0.39 is 10.2 Å². The lowest BCUT2D eigenvalue weighted by Crippen LogP contribution is -2.47. The number of nitrogens with one attached hydrogen (secondary N) is 1. The standard InChI is InChI=1S/C11H21N3O3S/c1-13(9-11(15)12-10-5-6-10)18(16,17)14-7-3-2-4-8-14/h10H,2-9H2,1H3,(H,12,15). The Labute approximate surface area is 109 Å². The summed E-state index contributed by atoms with van der Waals surface area (Å²) in [6.45, 7) is 1.04. The normalized spacial score (nSPS) is 22.1. The Bertz CT molecular complexity index is 400. The zero-order valence-corrected chi connectivity index (χ0v) is 11.6. The van der Waals surface area contributed by atoms with E-state index >= 15 is 0 Å². The number of piperidine rings is 1. The number of rotatable bonds is 5. The summed E-state index contributed by atoms with van der Waals surface area (Å²) in [4.78, 5) is 11.6. The SMILES string of the molecule is CN(CC(=O)NC1CC1)S(=O)(=O)N1CCCCC1. The lowest BCUT2D eigenvalue weighted by atomic mass is 10.2. The van der Waals surface area contributed by atoms with E-state index in [4.69, 9.17) is 0 Å². The molecule has 0 aromatic carbocycles. The molecule has 1 saturated heterocycles. The van der Waals surface area contributed by atoms with Gasteiger partial charge in [0.05, 0.1) is 6.54 Å². The highest BCUT2D eigenvalue weighted by Crippen LogP contribution is 2.19. The van der Waals surface area contributed by atoms with Gasteiger partial charge in [-0.05, 0) is 25.7 Å². The number of hydrogen-bond donors (Lipinski definition) is 1. The maximum absolute atomic E-state index is 12.2. The van der Waals surface area contributed by atoms with Crippen LogP contribution in [0.4, 0.5) is 0 Å². The first kappa shape index (κ1) is 13.8. The Hall–Kier alpha value is -0.660. The summed E-state index contributed by atoms with van der Waals surface area (Å²) in [7, 11) is -2.00. The van der Waals surface area contributed by atoms with Gasteiger partial charge in [0.15, 0.2) is 0 Å². The third kappa shape index (κ3) is 3.43. The van der Waals surface area contributed by atoms with E-state index in [1.807, 2.05) is 0 Å². The van der Waals surface area contributed by atoms with Gasteiger partial charge in [0, 0.05) is 26.2 Å². The van der Waals surface area contributed by atoms with Crippen LogP contribution < -0.4 is 5.32 Å². The topological polar surface area (TPSA) is 69.7 Å². The van der Waals surface area contributed by atoms with E-state index in [2.05, 4.69) is 5.32 Å². The van der Waals surface area contributed by atoms with Gasteiger partial charge in [0.1, 0.15) is 0 Å². The molecule has 7 heteroatoms. The minimum absolute atomic E-state index is 0.0880. The van der Waals surface area contributed by atoms with Crippen LogP contribution >= 0.6 is 0 Å². The molecular formula is C11H21N3O3S. The second kappa shape index (κ2) is 5.54. The van der Waals surface area contributed by atoms with E-state index in [1.54, 1.807) is 0 Å². The minimum atomic E-state index is -3.47. The molecule has 1 saturated carbocycles. The third-order valence-corrected chi connectivity index (χ3v) is 5.28. The van der Waals surface area contributed by atoms with Crippen LogP contribution in [0.2, 0.25) is 0 Å². The fourth-order valence-electron chi connectivity index (χ4n) is 2.08. The number of amides is 1. The van der Waals surface area contributed by atoms with Gasteiger partial charge in [0.2, 0.25) is 5.91 Å². The van der Waals surface area contributed by atoms with Crippen LogP contribution in [0.25, 0.3) is 0 Å². The van der Waals surface area contributed by atoms with Crippen LogP contribution in [0, 0.1) is 0 Å². The minimum Gasteiger partial charge on any atom is -0.352 e. The van der Waals surface area contributed by atoms with Crippen LogP contribution in [0.15, 0.2) is 0 Å². The molecule has 6 nitrogen and oxygen atoms in total.